The zero-order valence-electron chi connectivity index (χ0n) is 10.1. The molecule has 1 aliphatic carbocycles. The summed E-state index contributed by atoms with van der Waals surface area (Å²) in [6.45, 7) is 0.586. The van der Waals surface area contributed by atoms with E-state index in [-0.39, 0.29) is 11.9 Å². The van der Waals surface area contributed by atoms with E-state index in [4.69, 9.17) is 5.73 Å². The van der Waals surface area contributed by atoms with Crippen LogP contribution in [0.15, 0.2) is 6.33 Å². The van der Waals surface area contributed by atoms with E-state index in [0.717, 1.165) is 5.82 Å². The van der Waals surface area contributed by atoms with Gasteiger partial charge < -0.3 is 15.6 Å². The highest BCUT2D eigenvalue weighted by Gasteiger charge is 2.29. The van der Waals surface area contributed by atoms with Crippen LogP contribution in [0.2, 0.25) is 0 Å². The number of aryl methyl sites for hydroxylation is 1. The van der Waals surface area contributed by atoms with E-state index >= 15 is 0 Å². The van der Waals surface area contributed by atoms with Gasteiger partial charge in [0, 0.05) is 32.5 Å². The fourth-order valence-electron chi connectivity index (χ4n) is 1.82. The summed E-state index contributed by atoms with van der Waals surface area (Å²) in [5, 5.41) is 10.6. The number of amides is 1. The first-order valence-corrected chi connectivity index (χ1v) is 6.02. The van der Waals surface area contributed by atoms with Crippen molar-refractivity contribution in [1.82, 2.24) is 20.1 Å². The minimum Gasteiger partial charge on any atom is -0.356 e. The van der Waals surface area contributed by atoms with Gasteiger partial charge in [-0.2, -0.15) is 0 Å². The summed E-state index contributed by atoms with van der Waals surface area (Å²) in [6, 6.07) is 0.0322. The summed E-state index contributed by atoms with van der Waals surface area (Å²) < 4.78 is 1.85. The molecule has 1 aromatic rings. The topological polar surface area (TPSA) is 85.8 Å². The lowest BCUT2D eigenvalue weighted by Gasteiger charge is -2.10. The van der Waals surface area contributed by atoms with Crippen LogP contribution in [0.25, 0.3) is 0 Å². The SMILES string of the molecule is Cn1cnnc1CCNC(=O)CC(N)C1CC1. The Kier molecular flexibility index (Phi) is 3.73. The molecular formula is C11H19N5O. The van der Waals surface area contributed by atoms with Crippen molar-refractivity contribution >= 4 is 5.91 Å². The van der Waals surface area contributed by atoms with E-state index in [1.54, 1.807) is 6.33 Å². The fourth-order valence-corrected chi connectivity index (χ4v) is 1.82. The summed E-state index contributed by atoms with van der Waals surface area (Å²) in [4.78, 5) is 11.6. The predicted molar refractivity (Wildman–Crippen MR) is 63.0 cm³/mol. The van der Waals surface area contributed by atoms with Crippen molar-refractivity contribution in [1.29, 1.82) is 0 Å². The van der Waals surface area contributed by atoms with Gasteiger partial charge >= 0.3 is 0 Å². The van der Waals surface area contributed by atoms with Crippen LogP contribution in [-0.4, -0.2) is 33.3 Å². The standard InChI is InChI=1S/C11H19N5O/c1-16-7-14-15-10(16)4-5-13-11(17)6-9(12)8-2-3-8/h7-9H,2-6,12H2,1H3,(H,13,17). The number of rotatable bonds is 6. The Balaban J connectivity index is 1.64. The lowest BCUT2D eigenvalue weighted by atomic mass is 10.1. The summed E-state index contributed by atoms with van der Waals surface area (Å²) in [6.07, 6.45) is 5.13. The molecule has 3 N–H and O–H groups in total. The molecule has 0 bridgehead atoms. The smallest absolute Gasteiger partial charge is 0.221 e. The fraction of sp³-hybridized carbons (Fsp3) is 0.727. The highest BCUT2D eigenvalue weighted by Crippen LogP contribution is 2.32. The number of hydrogen-bond donors (Lipinski definition) is 2. The number of nitrogens with two attached hydrogens (primary N) is 1. The quantitative estimate of drug-likeness (QED) is 0.705. The average Bonchev–Trinajstić information content (AvgIpc) is 3.05. The summed E-state index contributed by atoms with van der Waals surface area (Å²) in [7, 11) is 1.89. The lowest BCUT2D eigenvalue weighted by molar-refractivity contribution is -0.121. The van der Waals surface area contributed by atoms with Gasteiger partial charge in [-0.3, -0.25) is 4.79 Å². The van der Waals surface area contributed by atoms with Crippen molar-refractivity contribution in [3.63, 3.8) is 0 Å². The van der Waals surface area contributed by atoms with Gasteiger partial charge in [0.25, 0.3) is 0 Å². The molecule has 1 heterocycles. The Bertz CT molecular complexity index is 385. The van der Waals surface area contributed by atoms with E-state index in [0.29, 0.717) is 25.3 Å². The molecule has 1 amide bonds. The molecule has 0 aromatic carbocycles. The van der Waals surface area contributed by atoms with E-state index < -0.39 is 0 Å². The Morgan fingerprint density at radius 2 is 2.47 bits per heavy atom. The summed E-state index contributed by atoms with van der Waals surface area (Å²) in [5.74, 6) is 1.47. The van der Waals surface area contributed by atoms with Crippen LogP contribution < -0.4 is 11.1 Å². The molecule has 1 unspecified atom stereocenters. The molecule has 0 saturated heterocycles. The second-order valence-corrected chi connectivity index (χ2v) is 4.66. The third-order valence-electron chi connectivity index (χ3n) is 3.12. The van der Waals surface area contributed by atoms with Crippen molar-refractivity contribution in [3.8, 4) is 0 Å². The number of nitrogens with zero attached hydrogens (tertiary/aromatic N) is 3. The van der Waals surface area contributed by atoms with Crippen molar-refractivity contribution in [2.75, 3.05) is 6.54 Å². The average molecular weight is 237 g/mol. The second-order valence-electron chi connectivity index (χ2n) is 4.66. The van der Waals surface area contributed by atoms with E-state index in [1.807, 2.05) is 11.6 Å². The minimum atomic E-state index is 0.0322. The zero-order valence-corrected chi connectivity index (χ0v) is 10.1. The maximum atomic E-state index is 11.6. The predicted octanol–water partition coefficient (Wildman–Crippen LogP) is -0.399. The molecule has 6 heteroatoms. The molecule has 1 aromatic heterocycles. The van der Waals surface area contributed by atoms with Gasteiger partial charge in [0.05, 0.1) is 0 Å². The molecule has 1 atom stereocenters. The van der Waals surface area contributed by atoms with Crippen molar-refractivity contribution in [2.24, 2.45) is 18.7 Å². The Morgan fingerprint density at radius 3 is 3.06 bits per heavy atom. The molecule has 6 nitrogen and oxygen atoms in total. The Hall–Kier alpha value is -1.43. The third kappa shape index (κ3) is 3.52. The van der Waals surface area contributed by atoms with E-state index in [9.17, 15) is 4.79 Å². The molecule has 1 saturated carbocycles. The first-order chi connectivity index (χ1) is 8.16. The monoisotopic (exact) mass is 237 g/mol. The lowest BCUT2D eigenvalue weighted by Crippen LogP contribution is -2.34. The molecule has 1 fully saturated rings. The molecule has 2 rings (SSSR count). The minimum absolute atomic E-state index is 0.0322. The van der Waals surface area contributed by atoms with Crippen LogP contribution in [0.5, 0.6) is 0 Å². The molecular weight excluding hydrogens is 218 g/mol. The van der Waals surface area contributed by atoms with E-state index in [2.05, 4.69) is 15.5 Å². The number of carbonyl (C=O) groups excluding carboxylic acids is 1. The first kappa shape index (κ1) is 12.0. The van der Waals surface area contributed by atoms with Crippen molar-refractivity contribution in [3.05, 3.63) is 12.2 Å². The first-order valence-electron chi connectivity index (χ1n) is 6.02. The second kappa shape index (κ2) is 5.27. The maximum absolute atomic E-state index is 11.6. The molecule has 0 aliphatic heterocycles. The highest BCUT2D eigenvalue weighted by molar-refractivity contribution is 5.76. The Labute approximate surface area is 101 Å². The van der Waals surface area contributed by atoms with Crippen LogP contribution in [0.4, 0.5) is 0 Å². The maximum Gasteiger partial charge on any atom is 0.221 e. The van der Waals surface area contributed by atoms with Crippen LogP contribution >= 0.6 is 0 Å². The van der Waals surface area contributed by atoms with E-state index in [1.165, 1.54) is 12.8 Å². The number of carbonyl (C=O) groups is 1. The summed E-state index contributed by atoms with van der Waals surface area (Å²) >= 11 is 0. The normalized spacial score (nSPS) is 16.8. The summed E-state index contributed by atoms with van der Waals surface area (Å²) in [5.41, 5.74) is 5.88. The highest BCUT2D eigenvalue weighted by atomic mass is 16.1. The van der Waals surface area contributed by atoms with Gasteiger partial charge in [-0.05, 0) is 18.8 Å². The molecule has 17 heavy (non-hydrogen) atoms. The molecule has 1 aliphatic rings. The third-order valence-corrected chi connectivity index (χ3v) is 3.12. The van der Waals surface area contributed by atoms with Gasteiger partial charge in [0.1, 0.15) is 12.2 Å². The van der Waals surface area contributed by atoms with Gasteiger partial charge in [0.2, 0.25) is 5.91 Å². The van der Waals surface area contributed by atoms with Gasteiger partial charge in [-0.25, -0.2) is 0 Å². The largest absolute Gasteiger partial charge is 0.356 e. The van der Waals surface area contributed by atoms with Gasteiger partial charge in [-0.1, -0.05) is 0 Å². The molecule has 0 radical (unpaired) electrons. The van der Waals surface area contributed by atoms with Crippen LogP contribution in [0.1, 0.15) is 25.1 Å². The molecule has 94 valence electrons. The van der Waals surface area contributed by atoms with Crippen molar-refractivity contribution in [2.45, 2.75) is 31.7 Å². The number of nitrogens with one attached hydrogen (secondary N) is 1. The van der Waals surface area contributed by atoms with Crippen LogP contribution in [0, 0.1) is 5.92 Å². The van der Waals surface area contributed by atoms with Crippen molar-refractivity contribution < 1.29 is 4.79 Å². The van der Waals surface area contributed by atoms with Gasteiger partial charge in [-0.15, -0.1) is 10.2 Å². The number of hydrogen-bond acceptors (Lipinski definition) is 4. The zero-order chi connectivity index (χ0) is 12.3. The number of aromatic nitrogens is 3. The van der Waals surface area contributed by atoms with Crippen LogP contribution in [-0.2, 0) is 18.3 Å². The van der Waals surface area contributed by atoms with Gasteiger partial charge in [0.15, 0.2) is 0 Å². The molecule has 0 spiro atoms. The Morgan fingerprint density at radius 1 is 1.71 bits per heavy atom. The van der Waals surface area contributed by atoms with Crippen LogP contribution in [0.3, 0.4) is 0 Å².